The van der Waals surface area contributed by atoms with Crippen molar-refractivity contribution in [1.82, 2.24) is 9.80 Å². The lowest BCUT2D eigenvalue weighted by molar-refractivity contribution is -0.133. The van der Waals surface area contributed by atoms with E-state index in [1.165, 1.54) is 23.1 Å². The summed E-state index contributed by atoms with van der Waals surface area (Å²) in [6.07, 6.45) is 0.684. The van der Waals surface area contributed by atoms with Crippen LogP contribution in [0.5, 0.6) is 0 Å². The third kappa shape index (κ3) is 7.20. The van der Waals surface area contributed by atoms with Gasteiger partial charge < -0.3 is 19.5 Å². The van der Waals surface area contributed by atoms with E-state index in [1.807, 2.05) is 63.2 Å². The second-order valence-corrected chi connectivity index (χ2v) is 8.23. The normalized spacial score (nSPS) is 10.8. The van der Waals surface area contributed by atoms with Gasteiger partial charge in [0, 0.05) is 18.3 Å². The smallest absolute Gasteiger partial charge is 0.322 e. The van der Waals surface area contributed by atoms with Crippen molar-refractivity contribution in [2.24, 2.45) is 0 Å². The first-order valence-electron chi connectivity index (χ1n) is 11.0. The molecule has 3 aromatic rings. The van der Waals surface area contributed by atoms with Crippen LogP contribution in [0.4, 0.5) is 14.9 Å². The third-order valence-electron chi connectivity index (χ3n) is 5.27. The van der Waals surface area contributed by atoms with Gasteiger partial charge >= 0.3 is 6.03 Å². The largest absolute Gasteiger partial charge is 0.464 e. The summed E-state index contributed by atoms with van der Waals surface area (Å²) in [5.74, 6) is 0.830. The predicted octanol–water partition coefficient (Wildman–Crippen LogP) is 5.24. The number of hydrogen-bond donors (Lipinski definition) is 1. The van der Waals surface area contributed by atoms with E-state index in [0.717, 1.165) is 11.3 Å². The van der Waals surface area contributed by atoms with Crippen LogP contribution < -0.4 is 5.32 Å². The summed E-state index contributed by atoms with van der Waals surface area (Å²) in [6, 6.07) is 18.6. The minimum atomic E-state index is -0.458. The fraction of sp³-hybridized carbons (Fsp3) is 0.308. The zero-order chi connectivity index (χ0) is 23.8. The minimum Gasteiger partial charge on any atom is -0.464 e. The third-order valence-corrected chi connectivity index (χ3v) is 5.27. The Hall–Kier alpha value is -3.61. The van der Waals surface area contributed by atoms with E-state index in [2.05, 4.69) is 5.32 Å². The first-order chi connectivity index (χ1) is 15.8. The Morgan fingerprint density at radius 3 is 2.42 bits per heavy atom. The maximum Gasteiger partial charge on any atom is 0.322 e. The van der Waals surface area contributed by atoms with Crippen molar-refractivity contribution >= 4 is 17.6 Å². The van der Waals surface area contributed by atoms with Crippen LogP contribution in [0.1, 0.15) is 30.9 Å². The summed E-state index contributed by atoms with van der Waals surface area (Å²) < 4.78 is 19.2. The van der Waals surface area contributed by atoms with E-state index in [0.29, 0.717) is 31.0 Å². The van der Waals surface area contributed by atoms with Crippen molar-refractivity contribution in [2.75, 3.05) is 18.4 Å². The highest BCUT2D eigenvalue weighted by molar-refractivity contribution is 5.92. The number of anilines is 1. The van der Waals surface area contributed by atoms with E-state index in [1.54, 1.807) is 11.0 Å². The van der Waals surface area contributed by atoms with Crippen LogP contribution in [0, 0.1) is 12.7 Å². The fourth-order valence-corrected chi connectivity index (χ4v) is 3.46. The number of aryl methyl sites for hydroxylation is 1. The van der Waals surface area contributed by atoms with E-state index >= 15 is 0 Å². The molecule has 174 valence electrons. The van der Waals surface area contributed by atoms with E-state index in [9.17, 15) is 14.0 Å². The standard InChI is InChI=1S/C26H30FN3O3/c1-19(2)30(26(32)28-23-11-7-10-22(27)16-23)18-25(31)29(17-24-13-12-20(3)33-24)15-14-21-8-5-4-6-9-21/h4-13,16,19H,14-15,17-18H2,1-3H3,(H,28,32). The number of carbonyl (C=O) groups is 2. The van der Waals surface area contributed by atoms with E-state index in [-0.39, 0.29) is 18.5 Å². The number of nitrogens with one attached hydrogen (secondary N) is 1. The highest BCUT2D eigenvalue weighted by Crippen LogP contribution is 2.14. The van der Waals surface area contributed by atoms with Crippen molar-refractivity contribution in [1.29, 1.82) is 0 Å². The first-order valence-corrected chi connectivity index (χ1v) is 11.0. The van der Waals surface area contributed by atoms with Crippen LogP contribution in [0.2, 0.25) is 0 Å². The van der Waals surface area contributed by atoms with Crippen LogP contribution in [-0.2, 0) is 17.8 Å². The van der Waals surface area contributed by atoms with Crippen LogP contribution >= 0.6 is 0 Å². The molecule has 0 atom stereocenters. The van der Waals surface area contributed by atoms with Crippen LogP contribution in [0.3, 0.4) is 0 Å². The number of benzene rings is 2. The molecule has 0 aliphatic carbocycles. The van der Waals surface area contributed by atoms with Crippen molar-refractivity contribution in [3.63, 3.8) is 0 Å². The van der Waals surface area contributed by atoms with Gasteiger partial charge in [-0.2, -0.15) is 0 Å². The molecule has 0 saturated heterocycles. The SMILES string of the molecule is Cc1ccc(CN(CCc2ccccc2)C(=O)CN(C(=O)Nc2cccc(F)c2)C(C)C)o1. The number of halogens is 1. The van der Waals surface area contributed by atoms with Gasteiger partial charge in [0.15, 0.2) is 0 Å². The van der Waals surface area contributed by atoms with Crippen molar-refractivity contribution < 1.29 is 18.4 Å². The molecule has 7 heteroatoms. The number of hydrogen-bond acceptors (Lipinski definition) is 3. The van der Waals surface area contributed by atoms with Gasteiger partial charge in [0.05, 0.1) is 6.54 Å². The Bertz CT molecular complexity index is 1070. The van der Waals surface area contributed by atoms with Crippen molar-refractivity contribution in [2.45, 2.75) is 39.8 Å². The predicted molar refractivity (Wildman–Crippen MR) is 126 cm³/mol. The number of furan rings is 1. The Morgan fingerprint density at radius 2 is 1.79 bits per heavy atom. The molecular weight excluding hydrogens is 421 g/mol. The average molecular weight is 452 g/mol. The highest BCUT2D eigenvalue weighted by Gasteiger charge is 2.24. The molecule has 0 bridgehead atoms. The molecule has 0 spiro atoms. The lowest BCUT2D eigenvalue weighted by atomic mass is 10.1. The van der Waals surface area contributed by atoms with Crippen molar-refractivity contribution in [3.05, 3.63) is 89.6 Å². The molecule has 0 radical (unpaired) electrons. The molecule has 2 aromatic carbocycles. The highest BCUT2D eigenvalue weighted by atomic mass is 19.1. The molecule has 0 fully saturated rings. The van der Waals surface area contributed by atoms with Gasteiger partial charge in [-0.15, -0.1) is 0 Å². The van der Waals surface area contributed by atoms with Gasteiger partial charge in [-0.25, -0.2) is 9.18 Å². The number of urea groups is 1. The van der Waals surface area contributed by atoms with Crippen LogP contribution in [0.25, 0.3) is 0 Å². The van der Waals surface area contributed by atoms with Gasteiger partial charge in [0.25, 0.3) is 0 Å². The molecule has 0 unspecified atom stereocenters. The summed E-state index contributed by atoms with van der Waals surface area (Å²) in [4.78, 5) is 29.3. The van der Waals surface area contributed by atoms with Gasteiger partial charge in [-0.3, -0.25) is 4.79 Å². The number of amides is 3. The molecule has 1 aromatic heterocycles. The van der Waals surface area contributed by atoms with Crippen LogP contribution in [-0.4, -0.2) is 40.9 Å². The van der Waals surface area contributed by atoms with Gasteiger partial charge in [0.2, 0.25) is 5.91 Å². The molecule has 3 amide bonds. The summed E-state index contributed by atoms with van der Waals surface area (Å²) in [5, 5.41) is 2.68. The maximum absolute atomic E-state index is 13.5. The molecule has 1 N–H and O–H groups in total. The molecule has 0 aliphatic heterocycles. The number of carbonyl (C=O) groups excluding carboxylic acids is 2. The van der Waals surface area contributed by atoms with E-state index < -0.39 is 11.8 Å². The van der Waals surface area contributed by atoms with Gasteiger partial charge in [0.1, 0.15) is 23.9 Å². The number of rotatable bonds is 9. The average Bonchev–Trinajstić information content (AvgIpc) is 3.19. The molecule has 0 aliphatic rings. The monoisotopic (exact) mass is 451 g/mol. The summed E-state index contributed by atoms with van der Waals surface area (Å²) in [6.45, 7) is 6.23. The summed E-state index contributed by atoms with van der Waals surface area (Å²) in [5.41, 5.74) is 1.46. The van der Waals surface area contributed by atoms with E-state index in [4.69, 9.17) is 4.42 Å². The number of nitrogens with zero attached hydrogens (tertiary/aromatic N) is 2. The fourth-order valence-electron chi connectivity index (χ4n) is 3.46. The quantitative estimate of drug-likeness (QED) is 0.484. The lowest BCUT2D eigenvalue weighted by Crippen LogP contribution is -2.47. The van der Waals surface area contributed by atoms with Gasteiger partial charge in [-0.1, -0.05) is 36.4 Å². The topological polar surface area (TPSA) is 65.8 Å². The Balaban J connectivity index is 1.71. The second kappa shape index (κ2) is 11.3. The Kier molecular flexibility index (Phi) is 8.24. The molecule has 3 rings (SSSR count). The molecule has 33 heavy (non-hydrogen) atoms. The minimum absolute atomic E-state index is 0.104. The summed E-state index contributed by atoms with van der Waals surface area (Å²) >= 11 is 0. The molecule has 1 heterocycles. The van der Waals surface area contributed by atoms with Gasteiger partial charge in [-0.05, 0) is 63.1 Å². The van der Waals surface area contributed by atoms with Crippen LogP contribution in [0.15, 0.2) is 71.1 Å². The molecule has 0 saturated carbocycles. The Morgan fingerprint density at radius 1 is 1.03 bits per heavy atom. The second-order valence-electron chi connectivity index (χ2n) is 8.23. The molecular formula is C26H30FN3O3. The Labute approximate surface area is 194 Å². The van der Waals surface area contributed by atoms with Crippen molar-refractivity contribution in [3.8, 4) is 0 Å². The zero-order valence-corrected chi connectivity index (χ0v) is 19.3. The molecule has 6 nitrogen and oxygen atoms in total. The zero-order valence-electron chi connectivity index (χ0n) is 19.3. The summed E-state index contributed by atoms with van der Waals surface area (Å²) in [7, 11) is 0. The lowest BCUT2D eigenvalue weighted by Gasteiger charge is -2.30. The first kappa shape index (κ1) is 24.0. The maximum atomic E-state index is 13.5.